The van der Waals surface area contributed by atoms with Gasteiger partial charge >= 0.3 is 0 Å². The quantitative estimate of drug-likeness (QED) is 0.794. The number of hydrogen-bond acceptors (Lipinski definition) is 4. The molecule has 118 valence electrons. The van der Waals surface area contributed by atoms with Crippen LogP contribution in [0.25, 0.3) is 0 Å². The van der Waals surface area contributed by atoms with Crippen molar-refractivity contribution < 1.29 is 14.3 Å². The van der Waals surface area contributed by atoms with Gasteiger partial charge in [-0.15, -0.1) is 0 Å². The maximum atomic E-state index is 11.8. The number of rotatable bonds is 8. The minimum absolute atomic E-state index is 0.00395. The van der Waals surface area contributed by atoms with Gasteiger partial charge in [-0.25, -0.2) is 0 Å². The molecule has 0 fully saturated rings. The lowest BCUT2D eigenvalue weighted by Crippen LogP contribution is -2.31. The van der Waals surface area contributed by atoms with Crippen LogP contribution in [0.5, 0.6) is 11.5 Å². The van der Waals surface area contributed by atoms with E-state index in [2.05, 4.69) is 6.92 Å². The summed E-state index contributed by atoms with van der Waals surface area (Å²) >= 11 is 0. The summed E-state index contributed by atoms with van der Waals surface area (Å²) in [4.78, 5) is 13.4. The van der Waals surface area contributed by atoms with Gasteiger partial charge in [-0.1, -0.05) is 13.0 Å². The fourth-order valence-corrected chi connectivity index (χ4v) is 1.83. The molecule has 1 atom stereocenters. The number of methoxy groups -OCH3 is 1. The molecule has 1 unspecified atom stereocenters. The Morgan fingerprint density at radius 2 is 2.05 bits per heavy atom. The van der Waals surface area contributed by atoms with Crippen LogP contribution in [-0.4, -0.2) is 44.2 Å². The molecule has 0 heterocycles. The highest BCUT2D eigenvalue weighted by Crippen LogP contribution is 2.28. The molecule has 0 aliphatic carbocycles. The Hall–Kier alpha value is -1.75. The summed E-state index contributed by atoms with van der Waals surface area (Å²) in [6, 6.07) is 5.84. The van der Waals surface area contributed by atoms with E-state index in [0.29, 0.717) is 18.0 Å². The first kappa shape index (κ1) is 17.3. The summed E-state index contributed by atoms with van der Waals surface area (Å²) < 4.78 is 10.9. The van der Waals surface area contributed by atoms with Crippen molar-refractivity contribution in [1.29, 1.82) is 0 Å². The minimum Gasteiger partial charge on any atom is -0.493 e. The molecule has 1 rings (SSSR count). The van der Waals surface area contributed by atoms with Gasteiger partial charge in [-0.2, -0.15) is 0 Å². The number of ether oxygens (including phenoxy) is 2. The molecule has 0 aromatic heterocycles. The molecule has 2 N–H and O–H groups in total. The third kappa shape index (κ3) is 5.27. The van der Waals surface area contributed by atoms with E-state index in [0.717, 1.165) is 18.4 Å². The van der Waals surface area contributed by atoms with Crippen LogP contribution in [0.2, 0.25) is 0 Å². The predicted molar refractivity (Wildman–Crippen MR) is 83.8 cm³/mol. The Balaban J connectivity index is 2.78. The second kappa shape index (κ2) is 8.52. The van der Waals surface area contributed by atoms with Gasteiger partial charge in [0.25, 0.3) is 5.91 Å². The molecular formula is C16H26N2O3. The molecule has 0 saturated carbocycles. The molecule has 21 heavy (non-hydrogen) atoms. The number of benzene rings is 1. The molecule has 1 aromatic carbocycles. The number of nitrogens with zero attached hydrogens (tertiary/aromatic N) is 1. The van der Waals surface area contributed by atoms with E-state index < -0.39 is 0 Å². The van der Waals surface area contributed by atoms with E-state index in [9.17, 15) is 4.79 Å². The first-order chi connectivity index (χ1) is 10.0. The van der Waals surface area contributed by atoms with Gasteiger partial charge in [0, 0.05) is 19.6 Å². The molecule has 0 bridgehead atoms. The topological polar surface area (TPSA) is 64.8 Å². The summed E-state index contributed by atoms with van der Waals surface area (Å²) in [6.45, 7) is 4.64. The lowest BCUT2D eigenvalue weighted by Gasteiger charge is -2.17. The van der Waals surface area contributed by atoms with Crippen LogP contribution in [0, 0.1) is 0 Å². The van der Waals surface area contributed by atoms with Crippen LogP contribution in [-0.2, 0) is 11.2 Å². The highest BCUT2D eigenvalue weighted by molar-refractivity contribution is 5.77. The van der Waals surface area contributed by atoms with Crippen molar-refractivity contribution in [3.8, 4) is 11.5 Å². The lowest BCUT2D eigenvalue weighted by atomic mass is 10.0. The summed E-state index contributed by atoms with van der Waals surface area (Å²) in [5, 5.41) is 0. The summed E-state index contributed by atoms with van der Waals surface area (Å²) in [5.41, 5.74) is 7.05. The Kier molecular flexibility index (Phi) is 7.02. The zero-order chi connectivity index (χ0) is 15.8. The van der Waals surface area contributed by atoms with Crippen LogP contribution < -0.4 is 15.2 Å². The molecule has 5 heteroatoms. The molecular weight excluding hydrogens is 268 g/mol. The lowest BCUT2D eigenvalue weighted by molar-refractivity contribution is -0.131. The Morgan fingerprint density at radius 1 is 1.33 bits per heavy atom. The Bertz CT molecular complexity index is 463. The van der Waals surface area contributed by atoms with Crippen LogP contribution in [0.15, 0.2) is 18.2 Å². The maximum Gasteiger partial charge on any atom is 0.260 e. The third-order valence-electron chi connectivity index (χ3n) is 3.50. The van der Waals surface area contributed by atoms with Gasteiger partial charge < -0.3 is 20.1 Å². The fourth-order valence-electron chi connectivity index (χ4n) is 1.83. The summed E-state index contributed by atoms with van der Waals surface area (Å²) in [5.74, 6) is 1.14. The van der Waals surface area contributed by atoms with Crippen molar-refractivity contribution in [1.82, 2.24) is 4.90 Å². The van der Waals surface area contributed by atoms with Gasteiger partial charge in [0.2, 0.25) is 0 Å². The van der Waals surface area contributed by atoms with Crippen LogP contribution in [0.4, 0.5) is 0 Å². The van der Waals surface area contributed by atoms with Crippen molar-refractivity contribution in [3.05, 3.63) is 23.8 Å². The number of likely N-dealkylation sites (N-methyl/N-ethyl adjacent to an activating group) is 1. The molecule has 1 amide bonds. The highest BCUT2D eigenvalue weighted by atomic mass is 16.5. The number of carbonyl (C=O) groups is 1. The first-order valence-electron chi connectivity index (χ1n) is 7.31. The van der Waals surface area contributed by atoms with Gasteiger partial charge in [0.05, 0.1) is 7.11 Å². The average molecular weight is 294 g/mol. The van der Waals surface area contributed by atoms with Crippen molar-refractivity contribution >= 4 is 5.91 Å². The van der Waals surface area contributed by atoms with Gasteiger partial charge in [0.15, 0.2) is 18.1 Å². The average Bonchev–Trinajstić information content (AvgIpc) is 2.51. The smallest absolute Gasteiger partial charge is 0.260 e. The normalized spacial score (nSPS) is 11.9. The van der Waals surface area contributed by atoms with Crippen LogP contribution in [0.3, 0.4) is 0 Å². The highest BCUT2D eigenvalue weighted by Gasteiger charge is 2.12. The Morgan fingerprint density at radius 3 is 2.62 bits per heavy atom. The molecule has 0 spiro atoms. The molecule has 0 saturated heterocycles. The predicted octanol–water partition coefficient (Wildman–Crippen LogP) is 1.83. The summed E-state index contributed by atoms with van der Waals surface area (Å²) in [6.07, 6.45) is 1.70. The van der Waals surface area contributed by atoms with Crippen molar-refractivity contribution in [2.75, 3.05) is 27.3 Å². The standard InChI is InChI=1S/C16H26N2O3/c1-5-13(17)9-12-7-8-14(20-4)15(10-12)21-11-16(19)18(3)6-2/h7-8,10,13H,5-6,9,11,17H2,1-4H3. The zero-order valence-electron chi connectivity index (χ0n) is 13.4. The van der Waals surface area contributed by atoms with E-state index in [4.69, 9.17) is 15.2 Å². The molecule has 0 aliphatic rings. The second-order valence-corrected chi connectivity index (χ2v) is 5.05. The van der Waals surface area contributed by atoms with E-state index in [1.165, 1.54) is 0 Å². The van der Waals surface area contributed by atoms with Gasteiger partial charge in [-0.3, -0.25) is 4.79 Å². The van der Waals surface area contributed by atoms with Crippen molar-refractivity contribution in [3.63, 3.8) is 0 Å². The summed E-state index contributed by atoms with van der Waals surface area (Å²) in [7, 11) is 3.33. The van der Waals surface area contributed by atoms with E-state index in [1.807, 2.05) is 25.1 Å². The fraction of sp³-hybridized carbons (Fsp3) is 0.562. The minimum atomic E-state index is -0.0600. The van der Waals surface area contributed by atoms with E-state index in [-0.39, 0.29) is 18.6 Å². The SMILES string of the molecule is CCC(N)Cc1ccc(OC)c(OCC(=O)N(C)CC)c1. The van der Waals surface area contributed by atoms with Gasteiger partial charge in [-0.05, 0) is 37.5 Å². The number of amides is 1. The number of nitrogens with two attached hydrogens (primary N) is 1. The largest absolute Gasteiger partial charge is 0.493 e. The second-order valence-electron chi connectivity index (χ2n) is 5.05. The molecule has 0 aliphatic heterocycles. The first-order valence-corrected chi connectivity index (χ1v) is 7.31. The molecule has 5 nitrogen and oxygen atoms in total. The van der Waals surface area contributed by atoms with E-state index in [1.54, 1.807) is 19.1 Å². The van der Waals surface area contributed by atoms with Crippen molar-refractivity contribution in [2.45, 2.75) is 32.7 Å². The van der Waals surface area contributed by atoms with Crippen molar-refractivity contribution in [2.24, 2.45) is 5.73 Å². The van der Waals surface area contributed by atoms with E-state index >= 15 is 0 Å². The zero-order valence-corrected chi connectivity index (χ0v) is 13.4. The molecule has 1 aromatic rings. The number of carbonyl (C=O) groups excluding carboxylic acids is 1. The number of hydrogen-bond donors (Lipinski definition) is 1. The monoisotopic (exact) mass is 294 g/mol. The van der Waals surface area contributed by atoms with Crippen LogP contribution in [0.1, 0.15) is 25.8 Å². The third-order valence-corrected chi connectivity index (χ3v) is 3.50. The van der Waals surface area contributed by atoms with Crippen LogP contribution >= 0.6 is 0 Å². The van der Waals surface area contributed by atoms with Gasteiger partial charge in [0.1, 0.15) is 0 Å². The molecule has 0 radical (unpaired) electrons. The maximum absolute atomic E-state index is 11.8. The Labute approximate surface area is 127 Å².